The fourth-order valence-electron chi connectivity index (χ4n) is 1.20. The Balaban J connectivity index is 4.12. The third-order valence-corrected chi connectivity index (χ3v) is 1.97. The standard InChI is InChI=1S/C13H26N2O6/c1-7-19-10(2)14-20-9-11(16)8-15(18-6)12(17)21-13(3,4)5/h11,14,16H,2,7-9H2,1,3-6H3. The van der Waals surface area contributed by atoms with Crippen LogP contribution in [-0.2, 0) is 19.1 Å². The quantitative estimate of drug-likeness (QED) is 0.488. The second kappa shape index (κ2) is 9.43. The number of hydrogen-bond acceptors (Lipinski definition) is 7. The monoisotopic (exact) mass is 306 g/mol. The third kappa shape index (κ3) is 9.94. The number of carbonyl (C=O) groups is 1. The van der Waals surface area contributed by atoms with E-state index in [0.717, 1.165) is 5.06 Å². The fourth-order valence-corrected chi connectivity index (χ4v) is 1.20. The lowest BCUT2D eigenvalue weighted by molar-refractivity contribution is -0.146. The van der Waals surface area contributed by atoms with Gasteiger partial charge in [-0.3, -0.25) is 9.68 Å². The second-order valence-electron chi connectivity index (χ2n) is 5.15. The molecule has 1 amide bonds. The SMILES string of the molecule is C=C(NOCC(O)CN(OC)C(=O)OC(C)(C)C)OCC. The molecule has 0 rings (SSSR count). The molecular weight excluding hydrogens is 280 g/mol. The maximum atomic E-state index is 11.8. The number of hydrogen-bond donors (Lipinski definition) is 2. The zero-order chi connectivity index (χ0) is 16.5. The van der Waals surface area contributed by atoms with Crippen molar-refractivity contribution in [3.05, 3.63) is 12.5 Å². The minimum absolute atomic E-state index is 0.0885. The first kappa shape index (κ1) is 19.5. The van der Waals surface area contributed by atoms with Crippen LogP contribution in [0.15, 0.2) is 12.5 Å². The van der Waals surface area contributed by atoms with E-state index in [2.05, 4.69) is 12.1 Å². The molecule has 2 N–H and O–H groups in total. The number of nitrogens with zero attached hydrogens (tertiary/aromatic N) is 1. The average Bonchev–Trinajstić information content (AvgIpc) is 2.34. The van der Waals surface area contributed by atoms with Gasteiger partial charge in [0, 0.05) is 0 Å². The highest BCUT2D eigenvalue weighted by molar-refractivity contribution is 5.66. The lowest BCUT2D eigenvalue weighted by Crippen LogP contribution is -2.42. The zero-order valence-electron chi connectivity index (χ0n) is 13.3. The van der Waals surface area contributed by atoms with E-state index in [-0.39, 0.29) is 19.0 Å². The number of carbonyl (C=O) groups excluding carboxylic acids is 1. The van der Waals surface area contributed by atoms with Crippen LogP contribution >= 0.6 is 0 Å². The molecule has 124 valence electrons. The Kier molecular flexibility index (Phi) is 8.75. The van der Waals surface area contributed by atoms with Gasteiger partial charge in [-0.25, -0.2) is 10.3 Å². The van der Waals surface area contributed by atoms with Crippen molar-refractivity contribution in [3.8, 4) is 0 Å². The van der Waals surface area contributed by atoms with E-state index in [0.29, 0.717) is 6.61 Å². The molecule has 21 heavy (non-hydrogen) atoms. The molecule has 0 aliphatic rings. The van der Waals surface area contributed by atoms with Gasteiger partial charge in [0.2, 0.25) is 5.88 Å². The summed E-state index contributed by atoms with van der Waals surface area (Å²) in [5, 5.41) is 10.7. The number of ether oxygens (including phenoxy) is 2. The Morgan fingerprint density at radius 3 is 2.52 bits per heavy atom. The third-order valence-electron chi connectivity index (χ3n) is 1.97. The molecule has 0 fully saturated rings. The summed E-state index contributed by atoms with van der Waals surface area (Å²) in [5.41, 5.74) is 1.77. The molecule has 0 aliphatic carbocycles. The van der Waals surface area contributed by atoms with Crippen molar-refractivity contribution < 1.29 is 29.0 Å². The minimum atomic E-state index is -0.973. The van der Waals surface area contributed by atoms with E-state index < -0.39 is 17.8 Å². The van der Waals surface area contributed by atoms with E-state index in [1.807, 2.05) is 0 Å². The van der Waals surface area contributed by atoms with Crippen LogP contribution < -0.4 is 5.48 Å². The molecule has 1 unspecified atom stereocenters. The van der Waals surface area contributed by atoms with Crippen LogP contribution in [0.2, 0.25) is 0 Å². The maximum Gasteiger partial charge on any atom is 0.434 e. The first-order valence-corrected chi connectivity index (χ1v) is 6.61. The van der Waals surface area contributed by atoms with E-state index >= 15 is 0 Å². The van der Waals surface area contributed by atoms with Crippen LogP contribution in [0.4, 0.5) is 4.79 Å². The van der Waals surface area contributed by atoms with E-state index in [4.69, 9.17) is 19.1 Å². The van der Waals surface area contributed by atoms with Gasteiger partial charge in [0.25, 0.3) is 0 Å². The van der Waals surface area contributed by atoms with Gasteiger partial charge in [0.05, 0.1) is 20.3 Å². The molecule has 0 bridgehead atoms. The van der Waals surface area contributed by atoms with Gasteiger partial charge in [-0.05, 0) is 34.3 Å². The lowest BCUT2D eigenvalue weighted by atomic mass is 10.2. The van der Waals surface area contributed by atoms with Crippen LogP contribution in [0.25, 0.3) is 0 Å². The number of aliphatic hydroxyl groups is 1. The highest BCUT2D eigenvalue weighted by Crippen LogP contribution is 2.10. The van der Waals surface area contributed by atoms with Gasteiger partial charge in [0.15, 0.2) is 0 Å². The Morgan fingerprint density at radius 2 is 2.05 bits per heavy atom. The summed E-state index contributed by atoms with van der Waals surface area (Å²) in [5.74, 6) is 0.237. The maximum absolute atomic E-state index is 11.8. The molecule has 0 aromatic heterocycles. The van der Waals surface area contributed by atoms with Crippen molar-refractivity contribution in [1.29, 1.82) is 0 Å². The van der Waals surface area contributed by atoms with Gasteiger partial charge in [-0.15, -0.1) is 0 Å². The van der Waals surface area contributed by atoms with Gasteiger partial charge in [-0.2, -0.15) is 5.06 Å². The fraction of sp³-hybridized carbons (Fsp3) is 0.769. The smallest absolute Gasteiger partial charge is 0.434 e. The normalized spacial score (nSPS) is 12.5. The summed E-state index contributed by atoms with van der Waals surface area (Å²) in [4.78, 5) is 21.6. The Morgan fingerprint density at radius 1 is 1.43 bits per heavy atom. The number of hydroxylamine groups is 3. The molecule has 0 heterocycles. The number of aliphatic hydroxyl groups excluding tert-OH is 1. The van der Waals surface area contributed by atoms with Gasteiger partial charge in [0.1, 0.15) is 18.3 Å². The van der Waals surface area contributed by atoms with Crippen molar-refractivity contribution in [2.75, 3.05) is 26.9 Å². The number of nitrogens with one attached hydrogen (secondary N) is 1. The van der Waals surface area contributed by atoms with E-state index in [1.165, 1.54) is 7.11 Å². The molecule has 1 atom stereocenters. The molecule has 0 saturated heterocycles. The minimum Gasteiger partial charge on any atom is -0.478 e. The summed E-state index contributed by atoms with van der Waals surface area (Å²) in [6.07, 6.45) is -1.66. The molecule has 0 saturated carbocycles. The Hall–Kier alpha value is -1.51. The van der Waals surface area contributed by atoms with Crippen molar-refractivity contribution >= 4 is 6.09 Å². The summed E-state index contributed by atoms with van der Waals surface area (Å²) < 4.78 is 10.1. The van der Waals surface area contributed by atoms with Crippen LogP contribution in [-0.4, -0.2) is 54.8 Å². The summed E-state index contributed by atoms with van der Waals surface area (Å²) >= 11 is 0. The molecule has 8 heteroatoms. The van der Waals surface area contributed by atoms with Gasteiger partial charge < -0.3 is 14.6 Å². The largest absolute Gasteiger partial charge is 0.478 e. The number of amides is 1. The van der Waals surface area contributed by atoms with Crippen molar-refractivity contribution in [3.63, 3.8) is 0 Å². The molecule has 0 aromatic rings. The van der Waals surface area contributed by atoms with Crippen LogP contribution in [0.5, 0.6) is 0 Å². The highest BCUT2D eigenvalue weighted by atomic mass is 16.7. The highest BCUT2D eigenvalue weighted by Gasteiger charge is 2.24. The number of rotatable bonds is 9. The molecule has 8 nitrogen and oxygen atoms in total. The second-order valence-corrected chi connectivity index (χ2v) is 5.15. The first-order chi connectivity index (χ1) is 9.69. The van der Waals surface area contributed by atoms with Crippen LogP contribution in [0.3, 0.4) is 0 Å². The molecule has 0 spiro atoms. The van der Waals surface area contributed by atoms with Gasteiger partial charge >= 0.3 is 6.09 Å². The molecular formula is C13H26N2O6. The van der Waals surface area contributed by atoms with Gasteiger partial charge in [-0.1, -0.05) is 0 Å². The van der Waals surface area contributed by atoms with E-state index in [1.54, 1.807) is 27.7 Å². The first-order valence-electron chi connectivity index (χ1n) is 6.61. The van der Waals surface area contributed by atoms with Crippen molar-refractivity contribution in [2.45, 2.75) is 39.4 Å². The van der Waals surface area contributed by atoms with Crippen molar-refractivity contribution in [1.82, 2.24) is 10.5 Å². The predicted molar refractivity (Wildman–Crippen MR) is 75.8 cm³/mol. The van der Waals surface area contributed by atoms with Crippen molar-refractivity contribution in [2.24, 2.45) is 0 Å². The topological polar surface area (TPSA) is 89.5 Å². The molecule has 0 radical (unpaired) electrons. The van der Waals surface area contributed by atoms with Crippen LogP contribution in [0.1, 0.15) is 27.7 Å². The average molecular weight is 306 g/mol. The Bertz CT molecular complexity index is 329. The lowest BCUT2D eigenvalue weighted by Gasteiger charge is -2.26. The summed E-state index contributed by atoms with van der Waals surface area (Å²) in [6, 6.07) is 0. The molecule has 0 aliphatic heterocycles. The zero-order valence-corrected chi connectivity index (χ0v) is 13.3. The molecule has 0 aromatic carbocycles. The predicted octanol–water partition coefficient (Wildman–Crippen LogP) is 1.17. The Labute approximate surface area is 125 Å². The summed E-state index contributed by atoms with van der Waals surface area (Å²) in [7, 11) is 1.31. The summed E-state index contributed by atoms with van der Waals surface area (Å²) in [6.45, 7) is 10.8. The van der Waals surface area contributed by atoms with Crippen LogP contribution in [0, 0.1) is 0 Å². The van der Waals surface area contributed by atoms with E-state index in [9.17, 15) is 9.90 Å².